The van der Waals surface area contributed by atoms with E-state index in [1.807, 2.05) is 18.2 Å². The van der Waals surface area contributed by atoms with Crippen LogP contribution in [0.4, 0.5) is 0 Å². The van der Waals surface area contributed by atoms with E-state index in [9.17, 15) is 4.79 Å². The van der Waals surface area contributed by atoms with Crippen LogP contribution < -0.4 is 11.5 Å². The van der Waals surface area contributed by atoms with E-state index in [0.717, 1.165) is 45.0 Å². The van der Waals surface area contributed by atoms with Gasteiger partial charge in [0, 0.05) is 35.1 Å². The lowest BCUT2D eigenvalue weighted by Crippen LogP contribution is -2.13. The highest BCUT2D eigenvalue weighted by molar-refractivity contribution is 7.98. The van der Waals surface area contributed by atoms with Crippen LogP contribution in [0.5, 0.6) is 0 Å². The first kappa shape index (κ1) is 30.9. The number of aryl methyl sites for hydroxylation is 1. The number of benzene rings is 2. The summed E-state index contributed by atoms with van der Waals surface area (Å²) in [4.78, 5) is 17.9. The van der Waals surface area contributed by atoms with E-state index >= 15 is 0 Å². The van der Waals surface area contributed by atoms with Crippen LogP contribution >= 0.6 is 36.6 Å². The van der Waals surface area contributed by atoms with Gasteiger partial charge in [0.15, 0.2) is 0 Å². The Hall–Kier alpha value is -2.09. The monoisotopic (exact) mass is 535 g/mol. The molecule has 0 amide bonds. The van der Waals surface area contributed by atoms with Crippen LogP contribution in [0.25, 0.3) is 11.1 Å². The Morgan fingerprint density at radius 1 is 1.03 bits per heavy atom. The molecule has 0 saturated carbocycles. The number of hydrogen-bond donors (Lipinski definition) is 2. The van der Waals surface area contributed by atoms with E-state index in [4.69, 9.17) is 21.2 Å². The zero-order valence-electron chi connectivity index (χ0n) is 20.7. The summed E-state index contributed by atoms with van der Waals surface area (Å²) in [5.74, 6) is 0.863. The van der Waals surface area contributed by atoms with E-state index in [1.54, 1.807) is 17.8 Å². The third kappa shape index (κ3) is 7.69. The highest BCUT2D eigenvalue weighted by atomic mass is 35.5. The summed E-state index contributed by atoms with van der Waals surface area (Å²) in [5.41, 5.74) is 20.4. The van der Waals surface area contributed by atoms with E-state index in [-0.39, 0.29) is 30.8 Å². The van der Waals surface area contributed by atoms with Crippen LogP contribution in [0.1, 0.15) is 52.3 Å². The molecule has 35 heavy (non-hydrogen) atoms. The molecule has 8 heteroatoms. The van der Waals surface area contributed by atoms with Gasteiger partial charge in [0.25, 0.3) is 0 Å². The third-order valence-corrected chi connectivity index (χ3v) is 6.63. The second-order valence-corrected chi connectivity index (χ2v) is 9.54. The van der Waals surface area contributed by atoms with Gasteiger partial charge in [-0.2, -0.15) is 0 Å². The van der Waals surface area contributed by atoms with Crippen LogP contribution in [0.2, 0.25) is 0 Å². The van der Waals surface area contributed by atoms with Gasteiger partial charge in [-0.3, -0.25) is 4.98 Å². The lowest BCUT2D eigenvalue weighted by atomic mass is 9.90. The predicted octanol–water partition coefficient (Wildman–Crippen LogP) is 6.10. The molecule has 4 N–H and O–H groups in total. The number of pyridine rings is 1. The summed E-state index contributed by atoms with van der Waals surface area (Å²) in [6, 6.07) is 15.9. The second kappa shape index (κ2) is 14.5. The maximum Gasteiger partial charge on any atom is 0.337 e. The molecular weight excluding hydrogens is 501 g/mol. The summed E-state index contributed by atoms with van der Waals surface area (Å²) in [7, 11) is 1.40. The van der Waals surface area contributed by atoms with Crippen molar-refractivity contribution in [3.05, 3.63) is 82.2 Å². The van der Waals surface area contributed by atoms with Crippen LogP contribution in [-0.4, -0.2) is 18.1 Å². The number of aromatic nitrogens is 1. The molecule has 1 heterocycles. The molecule has 1 aromatic heterocycles. The van der Waals surface area contributed by atoms with Crippen molar-refractivity contribution >= 4 is 42.5 Å². The first-order valence-corrected chi connectivity index (χ1v) is 12.2. The number of ether oxygens (including phenoxy) is 1. The first-order valence-electron chi connectivity index (χ1n) is 11.2. The van der Waals surface area contributed by atoms with E-state index in [1.165, 1.54) is 12.7 Å². The molecule has 0 spiro atoms. The van der Waals surface area contributed by atoms with Gasteiger partial charge in [-0.05, 0) is 65.3 Å². The van der Waals surface area contributed by atoms with Gasteiger partial charge in [-0.25, -0.2) is 4.79 Å². The Morgan fingerprint density at radius 3 is 2.29 bits per heavy atom. The number of rotatable bonds is 9. The number of thioether (sulfide) groups is 1. The van der Waals surface area contributed by atoms with Crippen LogP contribution in [-0.2, 0) is 30.0 Å². The van der Waals surface area contributed by atoms with Gasteiger partial charge in [0.05, 0.1) is 12.7 Å². The Morgan fingerprint density at radius 2 is 1.71 bits per heavy atom. The number of halogens is 2. The number of esters is 1. The van der Waals surface area contributed by atoms with Gasteiger partial charge in [-0.1, -0.05) is 44.2 Å². The number of methoxy groups -OCH3 is 1. The van der Waals surface area contributed by atoms with Gasteiger partial charge in [-0.15, -0.1) is 36.6 Å². The Kier molecular flexibility index (Phi) is 12.8. The van der Waals surface area contributed by atoms with Crippen molar-refractivity contribution in [3.8, 4) is 11.1 Å². The molecule has 0 bridgehead atoms. The molecule has 0 aliphatic carbocycles. The fourth-order valence-corrected chi connectivity index (χ4v) is 4.99. The Labute approximate surface area is 225 Å². The van der Waals surface area contributed by atoms with Crippen molar-refractivity contribution in [3.63, 3.8) is 0 Å². The SMILES string of the molecule is COC(=O)c1cccc(SCc2c(C)nc(CC(C)C)c(CN)c2-c2ccc(CN)cc2)c1.Cl.Cl. The topological polar surface area (TPSA) is 91.2 Å². The van der Waals surface area contributed by atoms with Gasteiger partial charge in [0.2, 0.25) is 0 Å². The number of carbonyl (C=O) groups excluding carboxylic acids is 1. The number of carbonyl (C=O) groups is 1. The molecule has 0 aliphatic rings. The summed E-state index contributed by atoms with van der Waals surface area (Å²) in [5, 5.41) is 0. The molecule has 0 saturated heterocycles. The molecule has 0 aliphatic heterocycles. The second-order valence-electron chi connectivity index (χ2n) is 8.49. The molecule has 3 aromatic rings. The molecule has 5 nitrogen and oxygen atoms in total. The smallest absolute Gasteiger partial charge is 0.337 e. The lowest BCUT2D eigenvalue weighted by molar-refractivity contribution is 0.0600. The Bertz CT molecular complexity index is 1120. The van der Waals surface area contributed by atoms with Crippen molar-refractivity contribution in [2.24, 2.45) is 17.4 Å². The van der Waals surface area contributed by atoms with Gasteiger partial charge >= 0.3 is 5.97 Å². The minimum Gasteiger partial charge on any atom is -0.465 e. The number of nitrogens with two attached hydrogens (primary N) is 2. The normalized spacial score (nSPS) is 10.5. The molecule has 2 aromatic carbocycles. The maximum absolute atomic E-state index is 11.9. The van der Waals surface area contributed by atoms with Crippen molar-refractivity contribution in [1.82, 2.24) is 4.98 Å². The van der Waals surface area contributed by atoms with Crippen molar-refractivity contribution in [2.45, 2.75) is 50.9 Å². The zero-order valence-corrected chi connectivity index (χ0v) is 23.1. The minimum atomic E-state index is -0.334. The van der Waals surface area contributed by atoms with Gasteiger partial charge < -0.3 is 16.2 Å². The van der Waals surface area contributed by atoms with Gasteiger partial charge in [0.1, 0.15) is 0 Å². The van der Waals surface area contributed by atoms with Crippen LogP contribution in [0.15, 0.2) is 53.4 Å². The third-order valence-electron chi connectivity index (χ3n) is 5.61. The largest absolute Gasteiger partial charge is 0.465 e. The summed E-state index contributed by atoms with van der Waals surface area (Å²) >= 11 is 1.68. The van der Waals surface area contributed by atoms with Crippen LogP contribution in [0, 0.1) is 12.8 Å². The molecular formula is C27H35Cl2N3O2S. The molecule has 0 fully saturated rings. The van der Waals surface area contributed by atoms with E-state index < -0.39 is 0 Å². The predicted molar refractivity (Wildman–Crippen MR) is 151 cm³/mol. The molecule has 3 rings (SSSR count). The fraction of sp³-hybridized carbons (Fsp3) is 0.333. The quantitative estimate of drug-likeness (QED) is 0.254. The van der Waals surface area contributed by atoms with E-state index in [2.05, 4.69) is 45.0 Å². The molecule has 0 atom stereocenters. The summed E-state index contributed by atoms with van der Waals surface area (Å²) in [6.45, 7) is 7.41. The summed E-state index contributed by atoms with van der Waals surface area (Å²) in [6.07, 6.45) is 0.885. The fourth-order valence-electron chi connectivity index (χ4n) is 3.94. The molecule has 0 radical (unpaired) electrons. The van der Waals surface area contributed by atoms with Crippen LogP contribution in [0.3, 0.4) is 0 Å². The van der Waals surface area contributed by atoms with Crippen molar-refractivity contribution in [1.29, 1.82) is 0 Å². The number of hydrogen-bond acceptors (Lipinski definition) is 6. The van der Waals surface area contributed by atoms with Crippen molar-refractivity contribution < 1.29 is 9.53 Å². The van der Waals surface area contributed by atoms with E-state index in [0.29, 0.717) is 30.3 Å². The molecule has 0 unspecified atom stereocenters. The zero-order chi connectivity index (χ0) is 24.0. The van der Waals surface area contributed by atoms with Crippen molar-refractivity contribution in [2.75, 3.05) is 7.11 Å². The first-order chi connectivity index (χ1) is 15.9. The maximum atomic E-state index is 11.9. The lowest BCUT2D eigenvalue weighted by Gasteiger charge is -2.21. The Balaban J connectivity index is 0.00000306. The average Bonchev–Trinajstić information content (AvgIpc) is 2.82. The molecule has 190 valence electrons. The highest BCUT2D eigenvalue weighted by Gasteiger charge is 2.19. The summed E-state index contributed by atoms with van der Waals surface area (Å²) < 4.78 is 4.86. The standard InChI is InChI=1S/C27H33N3O2S.2ClH/c1-17(2)12-25-23(15-29)26(20-10-8-19(14-28)9-11-20)24(18(3)30-25)16-33-22-7-5-6-21(13-22)27(31)32-4;;/h5-11,13,17H,12,14-16,28-29H2,1-4H3;2*1H. The minimum absolute atomic E-state index is 0. The highest BCUT2D eigenvalue weighted by Crippen LogP contribution is 2.36. The number of nitrogens with zero attached hydrogens (tertiary/aromatic N) is 1. The average molecular weight is 537 g/mol.